The van der Waals surface area contributed by atoms with Crippen LogP contribution in [0, 0.1) is 0 Å². The van der Waals surface area contributed by atoms with Gasteiger partial charge in [-0.1, -0.05) is 18.2 Å². The fourth-order valence-electron chi connectivity index (χ4n) is 4.70. The minimum Gasteiger partial charge on any atom is -0.487 e. The van der Waals surface area contributed by atoms with E-state index in [1.807, 2.05) is 38.4 Å². The number of amides is 1. The molecule has 1 aromatic heterocycles. The van der Waals surface area contributed by atoms with Gasteiger partial charge in [-0.3, -0.25) is 14.7 Å². The zero-order chi connectivity index (χ0) is 20.3. The number of carbonyl (C=O) groups is 1. The van der Waals surface area contributed by atoms with Crippen molar-refractivity contribution < 1.29 is 9.53 Å². The van der Waals surface area contributed by atoms with Crippen molar-refractivity contribution in [3.63, 3.8) is 0 Å². The number of rotatable bonds is 5. The first kappa shape index (κ1) is 19.9. The standard InChI is InChI=1S/C24H31N3O2/c1-18(2)26-23(28)15-20-16-24(29-22-6-4-3-5-21(20)22)9-13-27(14-10-24)17-19-7-11-25-12-8-19/h3-8,11-12,18,20H,9-10,13-17H2,1-2H3,(H,26,28). The molecule has 1 atom stereocenters. The number of benzene rings is 1. The molecule has 1 fully saturated rings. The third kappa shape index (κ3) is 4.78. The molecule has 1 amide bonds. The van der Waals surface area contributed by atoms with Crippen molar-refractivity contribution in [2.45, 2.75) is 63.6 Å². The number of carbonyl (C=O) groups excluding carboxylic acids is 1. The lowest BCUT2D eigenvalue weighted by molar-refractivity contribution is -0.122. The number of piperidine rings is 1. The van der Waals surface area contributed by atoms with Crippen LogP contribution in [0.15, 0.2) is 48.8 Å². The van der Waals surface area contributed by atoms with Crippen molar-refractivity contribution in [1.29, 1.82) is 0 Å². The molecule has 1 saturated heterocycles. The number of pyridine rings is 1. The summed E-state index contributed by atoms with van der Waals surface area (Å²) in [7, 11) is 0. The molecule has 1 unspecified atom stereocenters. The minimum absolute atomic E-state index is 0.131. The zero-order valence-corrected chi connectivity index (χ0v) is 17.4. The highest BCUT2D eigenvalue weighted by Gasteiger charge is 2.43. The van der Waals surface area contributed by atoms with Crippen LogP contribution in [-0.4, -0.2) is 40.5 Å². The van der Waals surface area contributed by atoms with Gasteiger partial charge in [-0.15, -0.1) is 0 Å². The summed E-state index contributed by atoms with van der Waals surface area (Å²) in [4.78, 5) is 19.1. The highest BCUT2D eigenvalue weighted by Crippen LogP contribution is 2.46. The number of nitrogens with one attached hydrogen (secondary N) is 1. The Balaban J connectivity index is 1.45. The Bertz CT molecular complexity index is 829. The Morgan fingerprint density at radius 1 is 1.21 bits per heavy atom. The summed E-state index contributed by atoms with van der Waals surface area (Å²) in [5.41, 5.74) is 2.32. The van der Waals surface area contributed by atoms with Crippen molar-refractivity contribution in [2.75, 3.05) is 13.1 Å². The van der Waals surface area contributed by atoms with Gasteiger partial charge in [0.05, 0.1) is 0 Å². The van der Waals surface area contributed by atoms with E-state index in [2.05, 4.69) is 39.5 Å². The van der Waals surface area contributed by atoms with Crippen LogP contribution in [-0.2, 0) is 11.3 Å². The Labute approximate surface area is 173 Å². The monoisotopic (exact) mass is 393 g/mol. The molecular weight excluding hydrogens is 362 g/mol. The van der Waals surface area contributed by atoms with Gasteiger partial charge in [0.15, 0.2) is 0 Å². The van der Waals surface area contributed by atoms with Crippen LogP contribution in [0.5, 0.6) is 5.75 Å². The molecule has 4 rings (SSSR count). The molecule has 5 nitrogen and oxygen atoms in total. The molecule has 3 heterocycles. The number of hydrogen-bond donors (Lipinski definition) is 1. The quantitative estimate of drug-likeness (QED) is 0.837. The topological polar surface area (TPSA) is 54.5 Å². The fraction of sp³-hybridized carbons (Fsp3) is 0.500. The van der Waals surface area contributed by atoms with Crippen molar-refractivity contribution in [1.82, 2.24) is 15.2 Å². The van der Waals surface area contributed by atoms with Gasteiger partial charge in [-0.05, 0) is 62.4 Å². The van der Waals surface area contributed by atoms with Crippen LogP contribution in [0.4, 0.5) is 0 Å². The molecule has 2 aliphatic rings. The fourth-order valence-corrected chi connectivity index (χ4v) is 4.70. The number of ether oxygens (including phenoxy) is 1. The van der Waals surface area contributed by atoms with E-state index in [4.69, 9.17) is 4.74 Å². The summed E-state index contributed by atoms with van der Waals surface area (Å²) in [6, 6.07) is 12.6. The Hall–Kier alpha value is -2.40. The summed E-state index contributed by atoms with van der Waals surface area (Å²) >= 11 is 0. The summed E-state index contributed by atoms with van der Waals surface area (Å²) in [6.45, 7) is 6.99. The van der Waals surface area contributed by atoms with Crippen molar-refractivity contribution in [3.8, 4) is 5.75 Å². The largest absolute Gasteiger partial charge is 0.487 e. The second-order valence-corrected chi connectivity index (χ2v) is 8.78. The predicted molar refractivity (Wildman–Crippen MR) is 114 cm³/mol. The maximum absolute atomic E-state index is 12.5. The summed E-state index contributed by atoms with van der Waals surface area (Å²) < 4.78 is 6.58. The zero-order valence-electron chi connectivity index (χ0n) is 17.4. The molecule has 0 radical (unpaired) electrons. The number of hydrogen-bond acceptors (Lipinski definition) is 4. The third-order valence-corrected chi connectivity index (χ3v) is 6.11. The number of para-hydroxylation sites is 1. The predicted octanol–water partition coefficient (Wildman–Crippen LogP) is 3.90. The number of fused-ring (bicyclic) bond motifs is 1. The van der Waals surface area contributed by atoms with E-state index >= 15 is 0 Å². The minimum atomic E-state index is -0.161. The van der Waals surface area contributed by atoms with Gasteiger partial charge in [0, 0.05) is 50.4 Å². The summed E-state index contributed by atoms with van der Waals surface area (Å²) in [5, 5.41) is 3.05. The lowest BCUT2D eigenvalue weighted by atomic mass is 9.76. The van der Waals surface area contributed by atoms with Gasteiger partial charge in [-0.2, -0.15) is 0 Å². The number of likely N-dealkylation sites (tertiary alicyclic amines) is 1. The molecule has 0 saturated carbocycles. The average Bonchev–Trinajstić information content (AvgIpc) is 2.70. The van der Waals surface area contributed by atoms with Gasteiger partial charge >= 0.3 is 0 Å². The Kier molecular flexibility index (Phi) is 5.86. The highest BCUT2D eigenvalue weighted by molar-refractivity contribution is 5.77. The van der Waals surface area contributed by atoms with Crippen LogP contribution in [0.2, 0.25) is 0 Å². The Morgan fingerprint density at radius 3 is 2.66 bits per heavy atom. The average molecular weight is 394 g/mol. The van der Waals surface area contributed by atoms with Crippen LogP contribution in [0.25, 0.3) is 0 Å². The van der Waals surface area contributed by atoms with Gasteiger partial charge < -0.3 is 10.1 Å². The number of nitrogens with zero attached hydrogens (tertiary/aromatic N) is 2. The molecule has 154 valence electrons. The van der Waals surface area contributed by atoms with E-state index in [0.29, 0.717) is 6.42 Å². The first-order valence-corrected chi connectivity index (χ1v) is 10.7. The van der Waals surface area contributed by atoms with E-state index in [-0.39, 0.29) is 23.5 Å². The van der Waals surface area contributed by atoms with Gasteiger partial charge in [0.25, 0.3) is 0 Å². The summed E-state index contributed by atoms with van der Waals surface area (Å²) in [6.07, 6.45) is 7.15. The first-order valence-electron chi connectivity index (χ1n) is 10.7. The second-order valence-electron chi connectivity index (χ2n) is 8.78. The molecule has 0 bridgehead atoms. The Morgan fingerprint density at radius 2 is 1.93 bits per heavy atom. The van der Waals surface area contributed by atoms with Crippen molar-refractivity contribution >= 4 is 5.91 Å². The van der Waals surface area contributed by atoms with Crippen molar-refractivity contribution in [2.24, 2.45) is 0 Å². The van der Waals surface area contributed by atoms with Crippen LogP contribution < -0.4 is 10.1 Å². The van der Waals surface area contributed by atoms with Gasteiger partial charge in [-0.25, -0.2) is 0 Å². The van der Waals surface area contributed by atoms with Gasteiger partial charge in [0.2, 0.25) is 5.91 Å². The van der Waals surface area contributed by atoms with E-state index in [0.717, 1.165) is 44.6 Å². The molecule has 1 aromatic carbocycles. The molecule has 0 aliphatic carbocycles. The molecule has 2 aromatic rings. The van der Waals surface area contributed by atoms with E-state index in [1.54, 1.807) is 0 Å². The normalized spacial score (nSPS) is 20.9. The maximum Gasteiger partial charge on any atom is 0.220 e. The van der Waals surface area contributed by atoms with E-state index in [1.165, 1.54) is 11.1 Å². The van der Waals surface area contributed by atoms with Crippen LogP contribution in [0.1, 0.15) is 56.6 Å². The molecule has 2 aliphatic heterocycles. The van der Waals surface area contributed by atoms with E-state index < -0.39 is 0 Å². The van der Waals surface area contributed by atoms with Crippen LogP contribution >= 0.6 is 0 Å². The maximum atomic E-state index is 12.5. The van der Waals surface area contributed by atoms with Gasteiger partial charge in [0.1, 0.15) is 11.4 Å². The smallest absolute Gasteiger partial charge is 0.220 e. The SMILES string of the molecule is CC(C)NC(=O)CC1CC2(CCN(Cc3ccncc3)CC2)Oc2ccccc21. The molecule has 29 heavy (non-hydrogen) atoms. The lowest BCUT2D eigenvalue weighted by Gasteiger charge is -2.47. The second kappa shape index (κ2) is 8.54. The van der Waals surface area contributed by atoms with Crippen LogP contribution in [0.3, 0.4) is 0 Å². The van der Waals surface area contributed by atoms with E-state index in [9.17, 15) is 4.79 Å². The first-order chi connectivity index (χ1) is 14.0. The molecule has 5 heteroatoms. The molecule has 1 spiro atoms. The molecular formula is C24H31N3O2. The highest BCUT2D eigenvalue weighted by atomic mass is 16.5. The third-order valence-electron chi connectivity index (χ3n) is 6.11. The number of aromatic nitrogens is 1. The summed E-state index contributed by atoms with van der Waals surface area (Å²) in [5.74, 6) is 1.31. The lowest BCUT2D eigenvalue weighted by Crippen LogP contribution is -2.50. The molecule has 1 N–H and O–H groups in total. The van der Waals surface area contributed by atoms with Crippen molar-refractivity contribution in [3.05, 3.63) is 59.9 Å².